The minimum atomic E-state index is 0.178. The Labute approximate surface area is 111 Å². The summed E-state index contributed by atoms with van der Waals surface area (Å²) in [5.74, 6) is 0.919. The topological polar surface area (TPSA) is 38.5 Å². The van der Waals surface area contributed by atoms with Crippen LogP contribution in [0.3, 0.4) is 0 Å². The third-order valence-corrected chi connectivity index (χ3v) is 3.93. The number of piperidine rings is 1. The lowest BCUT2D eigenvalue weighted by atomic mass is 9.91. The number of rotatable bonds is 2. The molecule has 0 bridgehead atoms. The Morgan fingerprint density at radius 1 is 1.47 bits per heavy atom. The average molecular weight is 299 g/mol. The lowest BCUT2D eigenvalue weighted by molar-refractivity contribution is 0.159. The molecule has 1 saturated heterocycles. The highest BCUT2D eigenvalue weighted by Gasteiger charge is 2.30. The van der Waals surface area contributed by atoms with E-state index in [0.717, 1.165) is 23.2 Å². The first kappa shape index (κ1) is 12.9. The SMILES string of the molecule is COc1ccc(Br)cc1C1C(N)CCCN1C. The molecule has 2 rings (SSSR count). The highest BCUT2D eigenvalue weighted by atomic mass is 79.9. The number of likely N-dealkylation sites (tertiary alicyclic amines) is 1. The lowest BCUT2D eigenvalue weighted by Crippen LogP contribution is -2.44. The average Bonchev–Trinajstić information content (AvgIpc) is 2.29. The molecule has 2 unspecified atom stereocenters. The number of benzene rings is 1. The largest absolute Gasteiger partial charge is 0.496 e. The minimum absolute atomic E-state index is 0.178. The van der Waals surface area contributed by atoms with Gasteiger partial charge in [-0.2, -0.15) is 0 Å². The normalized spacial score (nSPS) is 25.9. The van der Waals surface area contributed by atoms with E-state index >= 15 is 0 Å². The molecule has 0 amide bonds. The van der Waals surface area contributed by atoms with E-state index in [1.807, 2.05) is 12.1 Å². The molecule has 0 aromatic heterocycles. The van der Waals surface area contributed by atoms with Crippen LogP contribution in [0.1, 0.15) is 24.4 Å². The van der Waals surface area contributed by atoms with Crippen LogP contribution in [-0.4, -0.2) is 31.6 Å². The smallest absolute Gasteiger partial charge is 0.123 e. The summed E-state index contributed by atoms with van der Waals surface area (Å²) in [6, 6.07) is 6.53. The van der Waals surface area contributed by atoms with Crippen molar-refractivity contribution in [1.29, 1.82) is 0 Å². The lowest BCUT2D eigenvalue weighted by Gasteiger charge is -2.38. The number of halogens is 1. The van der Waals surface area contributed by atoms with E-state index in [2.05, 4.69) is 33.9 Å². The van der Waals surface area contributed by atoms with Gasteiger partial charge >= 0.3 is 0 Å². The summed E-state index contributed by atoms with van der Waals surface area (Å²) in [4.78, 5) is 2.32. The standard InChI is InChI=1S/C13H19BrN2O/c1-16-7-3-4-11(15)13(16)10-8-9(14)5-6-12(10)17-2/h5-6,8,11,13H,3-4,7,15H2,1-2H3. The van der Waals surface area contributed by atoms with E-state index in [1.54, 1.807) is 7.11 Å². The van der Waals surface area contributed by atoms with Crippen molar-refractivity contribution in [3.8, 4) is 5.75 Å². The van der Waals surface area contributed by atoms with Crippen molar-refractivity contribution in [2.24, 2.45) is 5.73 Å². The van der Waals surface area contributed by atoms with E-state index in [0.29, 0.717) is 0 Å². The van der Waals surface area contributed by atoms with Gasteiger partial charge in [-0.15, -0.1) is 0 Å². The highest BCUT2D eigenvalue weighted by molar-refractivity contribution is 9.10. The maximum absolute atomic E-state index is 6.26. The van der Waals surface area contributed by atoms with Gasteiger partial charge in [0.25, 0.3) is 0 Å². The molecule has 2 atom stereocenters. The Balaban J connectivity index is 2.39. The third-order valence-electron chi connectivity index (χ3n) is 3.44. The van der Waals surface area contributed by atoms with Crippen molar-refractivity contribution in [2.75, 3.05) is 20.7 Å². The van der Waals surface area contributed by atoms with Gasteiger partial charge < -0.3 is 10.5 Å². The van der Waals surface area contributed by atoms with E-state index in [-0.39, 0.29) is 12.1 Å². The molecule has 94 valence electrons. The highest BCUT2D eigenvalue weighted by Crippen LogP contribution is 2.36. The maximum Gasteiger partial charge on any atom is 0.123 e. The van der Waals surface area contributed by atoms with Gasteiger partial charge in [-0.05, 0) is 44.6 Å². The summed E-state index contributed by atoms with van der Waals surface area (Å²) < 4.78 is 6.52. The van der Waals surface area contributed by atoms with Gasteiger partial charge in [-0.25, -0.2) is 0 Å². The Bertz CT molecular complexity index is 387. The van der Waals surface area contributed by atoms with Crippen molar-refractivity contribution >= 4 is 15.9 Å². The van der Waals surface area contributed by atoms with E-state index in [9.17, 15) is 0 Å². The van der Waals surface area contributed by atoms with Gasteiger partial charge in [0.15, 0.2) is 0 Å². The van der Waals surface area contributed by atoms with Gasteiger partial charge in [0.1, 0.15) is 5.75 Å². The second-order valence-electron chi connectivity index (χ2n) is 4.62. The molecule has 3 nitrogen and oxygen atoms in total. The fraction of sp³-hybridized carbons (Fsp3) is 0.538. The van der Waals surface area contributed by atoms with Gasteiger partial charge in [0.05, 0.1) is 13.2 Å². The predicted octanol–water partition coefficient (Wildman–Crippen LogP) is 2.55. The summed E-state index contributed by atoms with van der Waals surface area (Å²) in [6.07, 6.45) is 2.25. The van der Waals surface area contributed by atoms with E-state index in [4.69, 9.17) is 10.5 Å². The zero-order valence-corrected chi connectivity index (χ0v) is 11.9. The molecule has 1 aliphatic rings. The second kappa shape index (κ2) is 5.38. The molecule has 1 fully saturated rings. The zero-order chi connectivity index (χ0) is 12.4. The first-order valence-corrected chi connectivity index (χ1v) is 6.72. The van der Waals surface area contributed by atoms with Crippen LogP contribution in [0.5, 0.6) is 5.75 Å². The van der Waals surface area contributed by atoms with Crippen LogP contribution < -0.4 is 10.5 Å². The molecule has 0 spiro atoms. The first-order chi connectivity index (χ1) is 8.13. The van der Waals surface area contributed by atoms with Gasteiger partial charge in [0, 0.05) is 16.1 Å². The van der Waals surface area contributed by atoms with E-state index < -0.39 is 0 Å². The first-order valence-electron chi connectivity index (χ1n) is 5.92. The van der Waals surface area contributed by atoms with Crippen LogP contribution in [0, 0.1) is 0 Å². The molecule has 0 saturated carbocycles. The maximum atomic E-state index is 6.26. The van der Waals surface area contributed by atoms with Crippen LogP contribution in [0.25, 0.3) is 0 Å². The number of hydrogen-bond acceptors (Lipinski definition) is 3. The Morgan fingerprint density at radius 2 is 2.24 bits per heavy atom. The predicted molar refractivity (Wildman–Crippen MR) is 73.3 cm³/mol. The fourth-order valence-corrected chi connectivity index (χ4v) is 2.98. The Morgan fingerprint density at radius 3 is 2.88 bits per heavy atom. The van der Waals surface area contributed by atoms with Gasteiger partial charge in [0.2, 0.25) is 0 Å². The van der Waals surface area contributed by atoms with Crippen LogP contribution in [0.4, 0.5) is 0 Å². The third kappa shape index (κ3) is 2.64. The molecule has 4 heteroatoms. The van der Waals surface area contributed by atoms with Crippen LogP contribution in [0.15, 0.2) is 22.7 Å². The van der Waals surface area contributed by atoms with Crippen LogP contribution in [-0.2, 0) is 0 Å². The summed E-state index contributed by atoms with van der Waals surface area (Å²) in [6.45, 7) is 1.09. The molecule has 2 N–H and O–H groups in total. The van der Waals surface area contributed by atoms with E-state index in [1.165, 1.54) is 12.0 Å². The van der Waals surface area contributed by atoms with Crippen LogP contribution >= 0.6 is 15.9 Å². The van der Waals surface area contributed by atoms with Crippen molar-refractivity contribution in [2.45, 2.75) is 24.9 Å². The molecular weight excluding hydrogens is 280 g/mol. The summed E-state index contributed by atoms with van der Waals surface area (Å²) in [5, 5.41) is 0. The molecule has 1 aromatic carbocycles. The molecule has 0 radical (unpaired) electrons. The minimum Gasteiger partial charge on any atom is -0.496 e. The summed E-state index contributed by atoms with van der Waals surface area (Å²) >= 11 is 3.52. The zero-order valence-electron chi connectivity index (χ0n) is 10.3. The summed E-state index contributed by atoms with van der Waals surface area (Å²) in [7, 11) is 3.84. The monoisotopic (exact) mass is 298 g/mol. The molecule has 0 aliphatic carbocycles. The fourth-order valence-electron chi connectivity index (χ4n) is 2.60. The van der Waals surface area contributed by atoms with Gasteiger partial charge in [-0.3, -0.25) is 4.90 Å². The Kier molecular flexibility index (Phi) is 4.07. The van der Waals surface area contributed by atoms with Crippen molar-refractivity contribution in [3.63, 3.8) is 0 Å². The molecule has 1 heterocycles. The Hall–Kier alpha value is -0.580. The second-order valence-corrected chi connectivity index (χ2v) is 5.53. The molecule has 1 aliphatic heterocycles. The number of likely N-dealkylation sites (N-methyl/N-ethyl adjacent to an activating group) is 1. The number of methoxy groups -OCH3 is 1. The van der Waals surface area contributed by atoms with Gasteiger partial charge in [-0.1, -0.05) is 15.9 Å². The number of nitrogens with two attached hydrogens (primary N) is 1. The molecule has 17 heavy (non-hydrogen) atoms. The number of nitrogens with zero attached hydrogens (tertiary/aromatic N) is 1. The van der Waals surface area contributed by atoms with Crippen molar-refractivity contribution in [3.05, 3.63) is 28.2 Å². The van der Waals surface area contributed by atoms with Crippen molar-refractivity contribution in [1.82, 2.24) is 4.90 Å². The number of ether oxygens (including phenoxy) is 1. The molecule has 1 aromatic rings. The quantitative estimate of drug-likeness (QED) is 0.912. The number of hydrogen-bond donors (Lipinski definition) is 1. The molecular formula is C13H19BrN2O. The summed E-state index contributed by atoms with van der Waals surface area (Å²) in [5.41, 5.74) is 7.44. The van der Waals surface area contributed by atoms with Crippen molar-refractivity contribution < 1.29 is 4.74 Å². The van der Waals surface area contributed by atoms with Crippen LogP contribution in [0.2, 0.25) is 0 Å².